The van der Waals surface area contributed by atoms with Crippen LogP contribution in [0.5, 0.6) is 11.5 Å². The lowest BCUT2D eigenvalue weighted by Gasteiger charge is -2.22. The Kier molecular flexibility index (Phi) is 6.84. The topological polar surface area (TPSA) is 97.6 Å². The summed E-state index contributed by atoms with van der Waals surface area (Å²) in [5.74, 6) is -0.187. The minimum absolute atomic E-state index is 0.0706. The highest BCUT2D eigenvalue weighted by molar-refractivity contribution is 6.02. The van der Waals surface area contributed by atoms with Gasteiger partial charge in [-0.25, -0.2) is 4.79 Å². The van der Waals surface area contributed by atoms with Gasteiger partial charge in [0.2, 0.25) is 5.91 Å². The lowest BCUT2D eigenvalue weighted by Crippen LogP contribution is -2.26. The number of hydrogen-bond donors (Lipinski definition) is 1. The zero-order valence-electron chi connectivity index (χ0n) is 15.3. The number of nitriles is 1. The number of carbonyl (C=O) groups excluding carboxylic acids is 2. The quantitative estimate of drug-likeness (QED) is 0.782. The number of carbonyl (C=O) groups is 2. The molecule has 0 aromatic heterocycles. The second-order valence-corrected chi connectivity index (χ2v) is 6.25. The van der Waals surface area contributed by atoms with Crippen LogP contribution in [-0.4, -0.2) is 32.2 Å². The van der Waals surface area contributed by atoms with E-state index in [2.05, 4.69) is 5.32 Å². The van der Waals surface area contributed by atoms with Crippen molar-refractivity contribution in [3.8, 4) is 17.6 Å². The average molecular weight is 360 g/mol. The van der Waals surface area contributed by atoms with Gasteiger partial charge in [-0.15, -0.1) is 0 Å². The van der Waals surface area contributed by atoms with E-state index in [4.69, 9.17) is 19.5 Å². The average Bonchev–Trinajstić information content (AvgIpc) is 2.67. The van der Waals surface area contributed by atoms with Crippen molar-refractivity contribution in [2.24, 2.45) is 5.92 Å². The largest absolute Gasteiger partial charge is 0.493 e. The van der Waals surface area contributed by atoms with Crippen molar-refractivity contribution < 1.29 is 23.8 Å². The third-order valence-corrected chi connectivity index (χ3v) is 4.44. The minimum Gasteiger partial charge on any atom is -0.493 e. The Morgan fingerprint density at radius 1 is 1.15 bits per heavy atom. The number of hydrogen-bond acceptors (Lipinski definition) is 6. The highest BCUT2D eigenvalue weighted by Gasteiger charge is 2.25. The third kappa shape index (κ3) is 4.66. The van der Waals surface area contributed by atoms with Crippen LogP contribution in [-0.2, 0) is 9.53 Å². The molecule has 26 heavy (non-hydrogen) atoms. The summed E-state index contributed by atoms with van der Waals surface area (Å²) in [6.07, 6.45) is 3.97. The summed E-state index contributed by atoms with van der Waals surface area (Å²) in [6.45, 7) is 1.47. The first-order valence-corrected chi connectivity index (χ1v) is 8.67. The molecule has 1 amide bonds. The fraction of sp³-hybridized carbons (Fsp3) is 0.526. The van der Waals surface area contributed by atoms with Crippen LogP contribution in [0.1, 0.15) is 49.4 Å². The molecule has 1 aliphatic rings. The van der Waals surface area contributed by atoms with Gasteiger partial charge in [0.1, 0.15) is 6.07 Å². The zero-order chi connectivity index (χ0) is 19.1. The maximum atomic E-state index is 12.6. The first-order chi connectivity index (χ1) is 12.5. The highest BCUT2D eigenvalue weighted by Crippen LogP contribution is 2.35. The van der Waals surface area contributed by atoms with Crippen LogP contribution in [0, 0.1) is 17.2 Å². The van der Waals surface area contributed by atoms with Crippen molar-refractivity contribution in [1.29, 1.82) is 5.26 Å². The number of anilines is 1. The second-order valence-electron chi connectivity index (χ2n) is 6.25. The molecular formula is C19H24N2O5. The molecule has 1 saturated carbocycles. The van der Waals surface area contributed by atoms with E-state index in [1.165, 1.54) is 33.3 Å². The van der Waals surface area contributed by atoms with Crippen molar-refractivity contribution in [2.75, 3.05) is 19.5 Å². The minimum atomic E-state index is -0.905. The molecule has 1 N–H and O–H groups in total. The number of benzene rings is 1. The number of methoxy groups -OCH3 is 2. The molecule has 7 heteroatoms. The molecule has 0 aliphatic heterocycles. The van der Waals surface area contributed by atoms with Crippen LogP contribution in [0.4, 0.5) is 5.69 Å². The van der Waals surface area contributed by atoms with Gasteiger partial charge >= 0.3 is 5.97 Å². The Bertz CT molecular complexity index is 705. The highest BCUT2D eigenvalue weighted by atomic mass is 16.5. The predicted octanol–water partition coefficient (Wildman–Crippen LogP) is 3.29. The number of amides is 1. The molecule has 1 aliphatic carbocycles. The molecule has 1 aromatic rings. The fourth-order valence-electron chi connectivity index (χ4n) is 3.00. The van der Waals surface area contributed by atoms with E-state index < -0.39 is 12.1 Å². The van der Waals surface area contributed by atoms with E-state index in [0.717, 1.165) is 32.1 Å². The van der Waals surface area contributed by atoms with Crippen molar-refractivity contribution in [2.45, 2.75) is 45.1 Å². The van der Waals surface area contributed by atoms with Gasteiger partial charge in [0.05, 0.1) is 25.5 Å². The lowest BCUT2D eigenvalue weighted by atomic mass is 9.88. The Hall–Kier alpha value is -2.75. The molecule has 0 bridgehead atoms. The van der Waals surface area contributed by atoms with Crippen LogP contribution >= 0.6 is 0 Å². The van der Waals surface area contributed by atoms with Gasteiger partial charge in [-0.2, -0.15) is 5.26 Å². The number of nitrogens with one attached hydrogen (secondary N) is 1. The fourth-order valence-corrected chi connectivity index (χ4v) is 3.00. The van der Waals surface area contributed by atoms with Crippen LogP contribution in [0.25, 0.3) is 0 Å². The Morgan fingerprint density at radius 3 is 2.35 bits per heavy atom. The summed E-state index contributed by atoms with van der Waals surface area (Å²) in [5, 5.41) is 11.7. The SMILES string of the molecule is COc1cc(NC(=O)C2CCCCC2)c(C(=O)O[C@@H](C)C#N)cc1OC. The monoisotopic (exact) mass is 360 g/mol. The van der Waals surface area contributed by atoms with Crippen LogP contribution < -0.4 is 14.8 Å². The smallest absolute Gasteiger partial charge is 0.341 e. The van der Waals surface area contributed by atoms with Gasteiger partial charge in [-0.05, 0) is 19.8 Å². The van der Waals surface area contributed by atoms with Gasteiger partial charge in [0.25, 0.3) is 0 Å². The lowest BCUT2D eigenvalue weighted by molar-refractivity contribution is -0.120. The van der Waals surface area contributed by atoms with Gasteiger partial charge in [-0.3, -0.25) is 4.79 Å². The Balaban J connectivity index is 2.33. The summed E-state index contributed by atoms with van der Waals surface area (Å²) >= 11 is 0. The summed E-state index contributed by atoms with van der Waals surface area (Å²) < 4.78 is 15.6. The standard InChI is InChI=1S/C19H24N2O5/c1-12(11-20)26-19(23)14-9-16(24-2)17(25-3)10-15(14)21-18(22)13-7-5-4-6-8-13/h9-10,12-13H,4-8H2,1-3H3,(H,21,22)/t12-/m0/s1. The predicted molar refractivity (Wildman–Crippen MR) is 95.2 cm³/mol. The normalized spacial score (nSPS) is 15.5. The second kappa shape index (κ2) is 9.09. The van der Waals surface area contributed by atoms with Crippen LogP contribution in [0.3, 0.4) is 0 Å². The molecule has 1 aromatic carbocycles. The molecule has 1 atom stereocenters. The molecule has 7 nitrogen and oxygen atoms in total. The van der Waals surface area contributed by atoms with E-state index >= 15 is 0 Å². The molecule has 1 fully saturated rings. The summed E-state index contributed by atoms with van der Waals surface area (Å²) in [4.78, 5) is 25.0. The Morgan fingerprint density at radius 2 is 1.77 bits per heavy atom. The van der Waals surface area contributed by atoms with Gasteiger partial charge in [0.15, 0.2) is 17.6 Å². The van der Waals surface area contributed by atoms with Gasteiger partial charge < -0.3 is 19.5 Å². The van der Waals surface area contributed by atoms with Gasteiger partial charge in [0, 0.05) is 18.1 Å². The van der Waals surface area contributed by atoms with E-state index in [9.17, 15) is 9.59 Å². The first-order valence-electron chi connectivity index (χ1n) is 8.67. The van der Waals surface area contributed by atoms with E-state index in [1.807, 2.05) is 6.07 Å². The van der Waals surface area contributed by atoms with Crippen LogP contribution in [0.15, 0.2) is 12.1 Å². The number of nitrogens with zero attached hydrogens (tertiary/aromatic N) is 1. The molecular weight excluding hydrogens is 336 g/mol. The summed E-state index contributed by atoms with van der Waals surface area (Å²) in [5.41, 5.74) is 0.405. The molecule has 0 heterocycles. The van der Waals surface area contributed by atoms with Crippen LogP contribution in [0.2, 0.25) is 0 Å². The van der Waals surface area contributed by atoms with Crippen molar-refractivity contribution in [1.82, 2.24) is 0 Å². The molecule has 140 valence electrons. The maximum absolute atomic E-state index is 12.6. The van der Waals surface area contributed by atoms with E-state index in [1.54, 1.807) is 0 Å². The molecule has 0 saturated heterocycles. The zero-order valence-corrected chi connectivity index (χ0v) is 15.3. The summed E-state index contributed by atoms with van der Waals surface area (Å²) in [7, 11) is 2.92. The molecule has 2 rings (SSSR count). The number of esters is 1. The third-order valence-electron chi connectivity index (χ3n) is 4.44. The maximum Gasteiger partial charge on any atom is 0.341 e. The van der Waals surface area contributed by atoms with E-state index in [-0.39, 0.29) is 23.1 Å². The number of rotatable bonds is 6. The van der Waals surface area contributed by atoms with Crippen molar-refractivity contribution in [3.63, 3.8) is 0 Å². The number of ether oxygens (including phenoxy) is 3. The molecule has 0 spiro atoms. The van der Waals surface area contributed by atoms with Gasteiger partial charge in [-0.1, -0.05) is 19.3 Å². The Labute approximate surface area is 153 Å². The van der Waals surface area contributed by atoms with E-state index in [0.29, 0.717) is 11.5 Å². The first kappa shape index (κ1) is 19.6. The summed E-state index contributed by atoms with van der Waals surface area (Å²) in [6, 6.07) is 4.82. The van der Waals surface area contributed by atoms with Crippen molar-refractivity contribution in [3.05, 3.63) is 17.7 Å². The molecule has 0 unspecified atom stereocenters. The van der Waals surface area contributed by atoms with Crippen molar-refractivity contribution >= 4 is 17.6 Å². The molecule has 0 radical (unpaired) electrons.